The molecule has 4 N–H and O–H groups in total. The zero-order valence-electron chi connectivity index (χ0n) is 10.8. The van der Waals surface area contributed by atoms with Gasteiger partial charge in [-0.2, -0.15) is 0 Å². The molecule has 4 nitrogen and oxygen atoms in total. The number of oxime groups is 1. The Morgan fingerprint density at radius 2 is 2.14 bits per heavy atom. The molecule has 0 saturated heterocycles. The molecule has 7 heteroatoms. The van der Waals surface area contributed by atoms with Gasteiger partial charge in [-0.3, -0.25) is 0 Å². The van der Waals surface area contributed by atoms with Gasteiger partial charge < -0.3 is 16.3 Å². The van der Waals surface area contributed by atoms with Crippen LogP contribution < -0.4 is 11.1 Å². The molecule has 0 radical (unpaired) electrons. The Hall–Kier alpha value is -1.79. The van der Waals surface area contributed by atoms with Crippen LogP contribution in [0.2, 0.25) is 5.02 Å². The monoisotopic (exact) mass is 371 g/mol. The standard InChI is InChI=1S/C14H12BrClFN3O/c15-13-10(16)2-1-3-12(13)19-7-9-5-4-8(6-11(9)17)14(18)20-21/h1-6,19,21H,7H2,(H2,18,20). The minimum absolute atomic E-state index is 0.133. The Balaban J connectivity index is 2.15. The molecule has 0 unspecified atom stereocenters. The third kappa shape index (κ3) is 3.65. The van der Waals surface area contributed by atoms with Crippen LogP contribution in [0, 0.1) is 5.82 Å². The molecule has 0 fully saturated rings. The molecule has 21 heavy (non-hydrogen) atoms. The second kappa shape index (κ2) is 6.78. The fourth-order valence-electron chi connectivity index (χ4n) is 1.74. The summed E-state index contributed by atoms with van der Waals surface area (Å²) >= 11 is 9.35. The van der Waals surface area contributed by atoms with Crippen LogP contribution in [0.25, 0.3) is 0 Å². The van der Waals surface area contributed by atoms with Gasteiger partial charge in [-0.15, -0.1) is 0 Å². The van der Waals surface area contributed by atoms with E-state index in [1.807, 2.05) is 6.07 Å². The fraction of sp³-hybridized carbons (Fsp3) is 0.0714. The van der Waals surface area contributed by atoms with Gasteiger partial charge in [-0.1, -0.05) is 35.0 Å². The topological polar surface area (TPSA) is 70.6 Å². The molecule has 0 bridgehead atoms. The Morgan fingerprint density at radius 3 is 2.81 bits per heavy atom. The highest BCUT2D eigenvalue weighted by Gasteiger charge is 2.08. The smallest absolute Gasteiger partial charge is 0.170 e. The number of hydrogen-bond acceptors (Lipinski definition) is 3. The predicted molar refractivity (Wildman–Crippen MR) is 85.4 cm³/mol. The van der Waals surface area contributed by atoms with Crippen molar-refractivity contribution in [2.45, 2.75) is 6.54 Å². The van der Waals surface area contributed by atoms with E-state index in [2.05, 4.69) is 26.4 Å². The summed E-state index contributed by atoms with van der Waals surface area (Å²) in [4.78, 5) is 0. The number of benzene rings is 2. The highest BCUT2D eigenvalue weighted by molar-refractivity contribution is 9.10. The molecule has 0 aromatic heterocycles. The third-order valence-corrected chi connectivity index (χ3v) is 4.28. The molecule has 0 aliphatic rings. The van der Waals surface area contributed by atoms with E-state index in [1.165, 1.54) is 6.07 Å². The van der Waals surface area contributed by atoms with Crippen LogP contribution in [0.1, 0.15) is 11.1 Å². The molecule has 2 rings (SSSR count). The predicted octanol–water partition coefficient (Wildman–Crippen LogP) is 3.95. The van der Waals surface area contributed by atoms with Crippen LogP contribution in [0.4, 0.5) is 10.1 Å². The summed E-state index contributed by atoms with van der Waals surface area (Å²) in [5, 5.41) is 15.1. The number of anilines is 1. The molecule has 0 heterocycles. The van der Waals surface area contributed by atoms with Crippen LogP contribution in [-0.4, -0.2) is 11.0 Å². The first-order chi connectivity index (χ1) is 10.0. The number of hydrogen-bond donors (Lipinski definition) is 3. The van der Waals surface area contributed by atoms with Gasteiger partial charge in [-0.05, 0) is 34.1 Å². The van der Waals surface area contributed by atoms with Crippen molar-refractivity contribution in [2.75, 3.05) is 5.32 Å². The summed E-state index contributed by atoms with van der Waals surface area (Å²) in [5.74, 6) is -0.573. The van der Waals surface area contributed by atoms with Crippen molar-refractivity contribution in [2.24, 2.45) is 10.9 Å². The minimum Gasteiger partial charge on any atom is -0.409 e. The zero-order valence-corrected chi connectivity index (χ0v) is 13.1. The summed E-state index contributed by atoms with van der Waals surface area (Å²) in [7, 11) is 0. The van der Waals surface area contributed by atoms with Crippen LogP contribution in [0.5, 0.6) is 0 Å². The SMILES string of the molecule is N/C(=N/O)c1ccc(CNc2cccc(Cl)c2Br)c(F)c1. The number of halogens is 3. The van der Waals surface area contributed by atoms with Crippen LogP contribution in [-0.2, 0) is 6.54 Å². The van der Waals surface area contributed by atoms with E-state index in [-0.39, 0.29) is 12.4 Å². The maximum absolute atomic E-state index is 14.0. The average molecular weight is 373 g/mol. The third-order valence-electron chi connectivity index (χ3n) is 2.88. The number of nitrogens with two attached hydrogens (primary N) is 1. The molecule has 0 amide bonds. The Bertz CT molecular complexity index is 694. The van der Waals surface area contributed by atoms with Crippen molar-refractivity contribution in [1.82, 2.24) is 0 Å². The first-order valence-electron chi connectivity index (χ1n) is 5.97. The van der Waals surface area contributed by atoms with Gasteiger partial charge >= 0.3 is 0 Å². The lowest BCUT2D eigenvalue weighted by Crippen LogP contribution is -2.14. The summed E-state index contributed by atoms with van der Waals surface area (Å²) in [6.45, 7) is 0.279. The van der Waals surface area contributed by atoms with Gasteiger partial charge in [0.1, 0.15) is 5.82 Å². The molecular formula is C14H12BrClFN3O. The van der Waals surface area contributed by atoms with Crippen molar-refractivity contribution >= 4 is 39.1 Å². The lowest BCUT2D eigenvalue weighted by atomic mass is 10.1. The number of nitrogens with one attached hydrogen (secondary N) is 1. The summed E-state index contributed by atoms with van der Waals surface area (Å²) in [6.07, 6.45) is 0. The molecule has 0 aliphatic carbocycles. The molecule has 0 saturated carbocycles. The molecule has 110 valence electrons. The largest absolute Gasteiger partial charge is 0.409 e. The quantitative estimate of drug-likeness (QED) is 0.329. The van der Waals surface area contributed by atoms with Crippen molar-refractivity contribution in [3.63, 3.8) is 0 Å². The Kier molecular flexibility index (Phi) is 5.03. The number of amidine groups is 1. The van der Waals surface area contributed by atoms with Gasteiger partial charge in [0, 0.05) is 17.7 Å². The average Bonchev–Trinajstić information content (AvgIpc) is 2.49. The van der Waals surface area contributed by atoms with Gasteiger partial charge in [0.25, 0.3) is 0 Å². The lowest BCUT2D eigenvalue weighted by molar-refractivity contribution is 0.318. The second-order valence-corrected chi connectivity index (χ2v) is 5.45. The molecule has 2 aromatic carbocycles. The Morgan fingerprint density at radius 1 is 1.38 bits per heavy atom. The van der Waals surface area contributed by atoms with E-state index < -0.39 is 5.82 Å². The van der Waals surface area contributed by atoms with E-state index in [0.29, 0.717) is 16.1 Å². The van der Waals surface area contributed by atoms with Crippen molar-refractivity contribution in [3.05, 3.63) is 62.8 Å². The molecule has 2 aromatic rings. The van der Waals surface area contributed by atoms with Gasteiger partial charge in [0.15, 0.2) is 5.84 Å². The Labute approximate surface area is 134 Å². The van der Waals surface area contributed by atoms with Gasteiger partial charge in [0.05, 0.1) is 15.2 Å². The molecular weight excluding hydrogens is 361 g/mol. The fourth-order valence-corrected chi connectivity index (χ4v) is 2.32. The van der Waals surface area contributed by atoms with Crippen LogP contribution in [0.15, 0.2) is 46.0 Å². The summed E-state index contributed by atoms with van der Waals surface area (Å²) in [6, 6.07) is 9.77. The number of rotatable bonds is 4. The van der Waals surface area contributed by atoms with Crippen molar-refractivity contribution in [3.8, 4) is 0 Å². The van der Waals surface area contributed by atoms with Crippen LogP contribution in [0.3, 0.4) is 0 Å². The van der Waals surface area contributed by atoms with Gasteiger partial charge in [-0.25, -0.2) is 4.39 Å². The van der Waals surface area contributed by atoms with E-state index in [9.17, 15) is 4.39 Å². The highest BCUT2D eigenvalue weighted by Crippen LogP contribution is 2.30. The lowest BCUT2D eigenvalue weighted by Gasteiger charge is -2.11. The number of nitrogens with zero attached hydrogens (tertiary/aromatic N) is 1. The highest BCUT2D eigenvalue weighted by atomic mass is 79.9. The zero-order chi connectivity index (χ0) is 15.4. The van der Waals surface area contributed by atoms with E-state index in [0.717, 1.165) is 10.2 Å². The maximum Gasteiger partial charge on any atom is 0.170 e. The van der Waals surface area contributed by atoms with E-state index >= 15 is 0 Å². The first kappa shape index (κ1) is 15.6. The van der Waals surface area contributed by atoms with Crippen molar-refractivity contribution < 1.29 is 9.60 Å². The summed E-state index contributed by atoms with van der Waals surface area (Å²) < 4.78 is 14.7. The van der Waals surface area contributed by atoms with E-state index in [4.69, 9.17) is 22.5 Å². The van der Waals surface area contributed by atoms with Gasteiger partial charge in [0.2, 0.25) is 0 Å². The van der Waals surface area contributed by atoms with E-state index in [1.54, 1.807) is 24.3 Å². The molecule has 0 atom stereocenters. The normalized spacial score (nSPS) is 11.5. The van der Waals surface area contributed by atoms with Crippen molar-refractivity contribution in [1.29, 1.82) is 0 Å². The summed E-state index contributed by atoms with van der Waals surface area (Å²) in [5.41, 5.74) is 6.95. The van der Waals surface area contributed by atoms with Crippen LogP contribution >= 0.6 is 27.5 Å². The molecule has 0 aliphatic heterocycles. The first-order valence-corrected chi connectivity index (χ1v) is 7.14. The second-order valence-electron chi connectivity index (χ2n) is 4.25. The molecule has 0 spiro atoms. The minimum atomic E-state index is -0.440. The maximum atomic E-state index is 14.0.